The van der Waals surface area contributed by atoms with Gasteiger partial charge >= 0.3 is 11.9 Å². The van der Waals surface area contributed by atoms with Crippen LogP contribution in [-0.4, -0.2) is 36.9 Å². The van der Waals surface area contributed by atoms with Gasteiger partial charge in [-0.3, -0.25) is 14.3 Å². The average Bonchev–Trinajstić information content (AvgIpc) is 3.76. The third kappa shape index (κ3) is 6.10. The molecule has 2 aromatic carbocycles. The number of thiophene rings is 1. The molecule has 3 aromatic heterocycles. The fraction of sp³-hybridized carbons (Fsp3) is 0.273. The molecule has 0 bridgehead atoms. The Balaban J connectivity index is 1.36. The van der Waals surface area contributed by atoms with Gasteiger partial charge in [-0.15, -0.1) is 11.3 Å². The summed E-state index contributed by atoms with van der Waals surface area (Å²) in [4.78, 5) is 29.9. The minimum absolute atomic E-state index is 0.263. The van der Waals surface area contributed by atoms with E-state index >= 15 is 0 Å². The molecule has 0 spiro atoms. The van der Waals surface area contributed by atoms with Crippen LogP contribution in [0.3, 0.4) is 0 Å². The van der Waals surface area contributed by atoms with Crippen LogP contribution >= 0.6 is 11.3 Å². The number of hydrogen-bond donors (Lipinski definition) is 2. The Bertz CT molecular complexity index is 1670. The first kappa shape index (κ1) is 29.8. The van der Waals surface area contributed by atoms with E-state index in [1.807, 2.05) is 99.1 Å². The Kier molecular flexibility index (Phi) is 8.77. The monoisotopic (exact) mass is 599 g/mol. The Labute approximate surface area is 253 Å². The number of carboxylic acids is 2. The van der Waals surface area contributed by atoms with Gasteiger partial charge in [0.1, 0.15) is 29.5 Å². The van der Waals surface area contributed by atoms with E-state index in [0.29, 0.717) is 48.0 Å². The van der Waals surface area contributed by atoms with Crippen LogP contribution in [0.25, 0.3) is 22.0 Å². The summed E-state index contributed by atoms with van der Waals surface area (Å²) in [7, 11) is 0. The summed E-state index contributed by atoms with van der Waals surface area (Å²) in [5.41, 5.74) is 2.70. The molecular weight excluding hydrogens is 566 g/mol. The zero-order valence-electron chi connectivity index (χ0n) is 24.2. The maximum absolute atomic E-state index is 12.2. The second kappa shape index (κ2) is 12.7. The normalized spacial score (nSPS) is 11.6. The number of oxazole rings is 1. The standard InChI is InChI=1S/C33H33N3O6S/c1-4-33(5-2,28(31(37)38)32(39)40)25-19-36(35-29(25)27-12-9-17-43-27)18-22-13-15-24(16-14-22)41-20-26-21(3)42-30(34-26)23-10-7-6-8-11-23/h6-17,19,28H,4-5,18,20H2,1-3H3,(H,37,38)(H,39,40). The van der Waals surface area contributed by atoms with Gasteiger partial charge in [-0.25, -0.2) is 4.98 Å². The topological polar surface area (TPSA) is 128 Å². The van der Waals surface area contributed by atoms with Gasteiger partial charge in [0, 0.05) is 22.7 Å². The molecule has 0 unspecified atom stereocenters. The molecule has 0 saturated heterocycles. The Morgan fingerprint density at radius 1 is 1.00 bits per heavy atom. The van der Waals surface area contributed by atoms with Crippen molar-refractivity contribution in [3.05, 3.63) is 101 Å². The second-order valence-corrected chi connectivity index (χ2v) is 11.3. The molecule has 2 N–H and O–H groups in total. The van der Waals surface area contributed by atoms with E-state index in [1.165, 1.54) is 11.3 Å². The van der Waals surface area contributed by atoms with Gasteiger partial charge in [-0.1, -0.05) is 50.2 Å². The van der Waals surface area contributed by atoms with Crippen LogP contribution in [0.4, 0.5) is 0 Å². The van der Waals surface area contributed by atoms with Gasteiger partial charge in [0.25, 0.3) is 0 Å². The van der Waals surface area contributed by atoms with Crippen LogP contribution in [0, 0.1) is 12.8 Å². The van der Waals surface area contributed by atoms with E-state index in [0.717, 1.165) is 21.7 Å². The van der Waals surface area contributed by atoms with Crippen molar-refractivity contribution in [1.82, 2.24) is 14.8 Å². The van der Waals surface area contributed by atoms with Crippen molar-refractivity contribution in [3.8, 4) is 27.8 Å². The van der Waals surface area contributed by atoms with Crippen molar-refractivity contribution >= 4 is 23.3 Å². The molecule has 10 heteroatoms. The zero-order valence-corrected chi connectivity index (χ0v) is 25.0. The summed E-state index contributed by atoms with van der Waals surface area (Å²) in [5, 5.41) is 26.7. The fourth-order valence-corrected chi connectivity index (χ4v) is 6.25. The number of aliphatic carboxylic acids is 2. The van der Waals surface area contributed by atoms with Crippen molar-refractivity contribution in [2.24, 2.45) is 5.92 Å². The zero-order chi connectivity index (χ0) is 30.6. The van der Waals surface area contributed by atoms with Gasteiger partial charge in [-0.05, 0) is 61.0 Å². The number of benzene rings is 2. The highest BCUT2D eigenvalue weighted by Crippen LogP contribution is 2.44. The van der Waals surface area contributed by atoms with Crippen LogP contribution < -0.4 is 4.74 Å². The SMILES string of the molecule is CCC(CC)(c1cn(Cc2ccc(OCc3nc(-c4ccccc4)oc3C)cc2)nc1-c1cccs1)C(C(=O)O)C(=O)O. The van der Waals surface area contributed by atoms with Crippen molar-refractivity contribution in [2.75, 3.05) is 0 Å². The van der Waals surface area contributed by atoms with E-state index in [2.05, 4.69) is 4.98 Å². The largest absolute Gasteiger partial charge is 0.487 e. The highest BCUT2D eigenvalue weighted by Gasteiger charge is 2.49. The van der Waals surface area contributed by atoms with Crippen molar-refractivity contribution < 1.29 is 29.0 Å². The summed E-state index contributed by atoms with van der Waals surface area (Å²) in [5.74, 6) is -2.37. The summed E-state index contributed by atoms with van der Waals surface area (Å²) < 4.78 is 13.6. The molecule has 9 nitrogen and oxygen atoms in total. The molecule has 5 aromatic rings. The number of aromatic nitrogens is 3. The summed E-state index contributed by atoms with van der Waals surface area (Å²) in [6.07, 6.45) is 2.48. The van der Waals surface area contributed by atoms with Crippen LogP contribution in [-0.2, 0) is 28.2 Å². The molecule has 0 fully saturated rings. The van der Waals surface area contributed by atoms with Gasteiger partial charge in [-0.2, -0.15) is 5.10 Å². The maximum atomic E-state index is 12.2. The third-order valence-corrected chi connectivity index (χ3v) is 8.79. The lowest BCUT2D eigenvalue weighted by molar-refractivity contribution is -0.158. The third-order valence-electron chi connectivity index (χ3n) is 7.92. The molecule has 0 aliphatic heterocycles. The molecule has 0 aliphatic rings. The molecule has 5 rings (SSSR count). The molecule has 0 aliphatic carbocycles. The number of carboxylic acid groups (broad SMARTS) is 2. The smallest absolute Gasteiger partial charge is 0.318 e. The lowest BCUT2D eigenvalue weighted by Gasteiger charge is -2.35. The predicted molar refractivity (Wildman–Crippen MR) is 163 cm³/mol. The maximum Gasteiger partial charge on any atom is 0.318 e. The number of aryl methyl sites for hydroxylation is 1. The lowest BCUT2D eigenvalue weighted by atomic mass is 9.66. The second-order valence-electron chi connectivity index (χ2n) is 10.4. The van der Waals surface area contributed by atoms with Crippen LogP contribution in [0.15, 0.2) is 82.7 Å². The molecule has 0 atom stereocenters. The minimum atomic E-state index is -1.60. The Morgan fingerprint density at radius 2 is 1.70 bits per heavy atom. The van der Waals surface area contributed by atoms with E-state index in [4.69, 9.17) is 14.3 Å². The number of hydrogen-bond acceptors (Lipinski definition) is 7. The first-order chi connectivity index (χ1) is 20.8. The molecule has 0 saturated carbocycles. The van der Waals surface area contributed by atoms with Crippen LogP contribution in [0.5, 0.6) is 5.75 Å². The Morgan fingerprint density at radius 3 is 2.30 bits per heavy atom. The molecule has 0 radical (unpaired) electrons. The first-order valence-electron chi connectivity index (χ1n) is 14.1. The number of nitrogens with zero attached hydrogens (tertiary/aromatic N) is 3. The Hall–Kier alpha value is -4.70. The molecule has 222 valence electrons. The molecule has 43 heavy (non-hydrogen) atoms. The molecule has 0 amide bonds. The van der Waals surface area contributed by atoms with Gasteiger partial charge < -0.3 is 19.4 Å². The van der Waals surface area contributed by atoms with Crippen molar-refractivity contribution in [3.63, 3.8) is 0 Å². The lowest BCUT2D eigenvalue weighted by Crippen LogP contribution is -2.44. The number of ether oxygens (including phenoxy) is 1. The van der Waals surface area contributed by atoms with Crippen LogP contribution in [0.2, 0.25) is 0 Å². The summed E-state index contributed by atoms with van der Waals surface area (Å²) in [6, 6.07) is 21.2. The molecular formula is C33H33N3O6S. The first-order valence-corrected chi connectivity index (χ1v) is 14.9. The predicted octanol–water partition coefficient (Wildman–Crippen LogP) is 7.05. The number of rotatable bonds is 13. The van der Waals surface area contributed by atoms with E-state index in [-0.39, 0.29) is 6.61 Å². The highest BCUT2D eigenvalue weighted by molar-refractivity contribution is 7.13. The fourth-order valence-electron chi connectivity index (χ4n) is 5.53. The van der Waals surface area contributed by atoms with Gasteiger partial charge in [0.15, 0.2) is 5.92 Å². The average molecular weight is 600 g/mol. The van der Waals surface area contributed by atoms with Gasteiger partial charge in [0.2, 0.25) is 5.89 Å². The molecule has 3 heterocycles. The van der Waals surface area contributed by atoms with E-state index in [1.54, 1.807) is 4.68 Å². The van der Waals surface area contributed by atoms with Crippen LogP contribution in [0.1, 0.15) is 49.3 Å². The summed E-state index contributed by atoms with van der Waals surface area (Å²) in [6.45, 7) is 6.21. The quantitative estimate of drug-likeness (QED) is 0.138. The van der Waals surface area contributed by atoms with Crippen molar-refractivity contribution in [1.29, 1.82) is 0 Å². The number of carbonyl (C=O) groups is 2. The van der Waals surface area contributed by atoms with Gasteiger partial charge in [0.05, 0.1) is 11.4 Å². The van der Waals surface area contributed by atoms with Crippen molar-refractivity contribution in [2.45, 2.75) is 52.2 Å². The van der Waals surface area contributed by atoms with E-state index < -0.39 is 23.3 Å². The minimum Gasteiger partial charge on any atom is -0.487 e. The highest BCUT2D eigenvalue weighted by atomic mass is 32.1. The van der Waals surface area contributed by atoms with E-state index in [9.17, 15) is 19.8 Å². The summed E-state index contributed by atoms with van der Waals surface area (Å²) >= 11 is 1.48.